The number of aryl methyl sites for hydroxylation is 1. The molecule has 0 bridgehead atoms. The number of fused-ring (bicyclic) bond motifs is 1. The van der Waals surface area contributed by atoms with Crippen molar-refractivity contribution < 1.29 is 23.9 Å². The van der Waals surface area contributed by atoms with Gasteiger partial charge in [0.05, 0.1) is 12.2 Å². The van der Waals surface area contributed by atoms with Gasteiger partial charge in [0.1, 0.15) is 5.00 Å². The maximum absolute atomic E-state index is 12.4. The second-order valence-electron chi connectivity index (χ2n) is 7.43. The zero-order chi connectivity index (χ0) is 20.8. The van der Waals surface area contributed by atoms with Gasteiger partial charge in [0.2, 0.25) is 17.7 Å². The number of ether oxygens (including phenoxy) is 1. The molecule has 0 saturated carbocycles. The molecule has 3 amide bonds. The van der Waals surface area contributed by atoms with Crippen LogP contribution in [0.4, 0.5) is 5.00 Å². The van der Waals surface area contributed by atoms with Gasteiger partial charge in [-0.1, -0.05) is 6.42 Å². The first-order valence-electron chi connectivity index (χ1n) is 10.5. The van der Waals surface area contributed by atoms with Gasteiger partial charge in [0.15, 0.2) is 0 Å². The van der Waals surface area contributed by atoms with Crippen LogP contribution in [0.15, 0.2) is 0 Å². The van der Waals surface area contributed by atoms with Crippen LogP contribution in [0.1, 0.15) is 79.1 Å². The summed E-state index contributed by atoms with van der Waals surface area (Å²) in [5, 5.41) is 3.52. The van der Waals surface area contributed by atoms with E-state index in [1.165, 1.54) is 21.1 Å². The average molecular weight is 421 g/mol. The lowest BCUT2D eigenvalue weighted by molar-refractivity contribution is -0.138. The van der Waals surface area contributed by atoms with E-state index in [0.717, 1.165) is 37.7 Å². The number of likely N-dealkylation sites (tertiary alicyclic amines) is 1. The maximum Gasteiger partial charge on any atom is 0.341 e. The van der Waals surface area contributed by atoms with Gasteiger partial charge < -0.3 is 10.1 Å². The maximum atomic E-state index is 12.4. The molecule has 158 valence electrons. The van der Waals surface area contributed by atoms with E-state index in [-0.39, 0.29) is 23.7 Å². The fourth-order valence-corrected chi connectivity index (χ4v) is 5.16. The van der Waals surface area contributed by atoms with Crippen molar-refractivity contribution in [1.29, 1.82) is 0 Å². The van der Waals surface area contributed by atoms with Crippen LogP contribution >= 0.6 is 11.3 Å². The number of esters is 1. The Bertz CT molecular complexity index is 785. The molecule has 0 atom stereocenters. The van der Waals surface area contributed by atoms with Crippen LogP contribution in [-0.2, 0) is 32.0 Å². The molecular formula is C21H28N2O5S. The van der Waals surface area contributed by atoms with Gasteiger partial charge >= 0.3 is 5.97 Å². The van der Waals surface area contributed by atoms with E-state index in [1.807, 2.05) is 0 Å². The smallest absolute Gasteiger partial charge is 0.341 e. The summed E-state index contributed by atoms with van der Waals surface area (Å²) in [6.45, 7) is 2.51. The van der Waals surface area contributed by atoms with Gasteiger partial charge in [-0.05, 0) is 51.0 Å². The van der Waals surface area contributed by atoms with E-state index in [1.54, 1.807) is 6.92 Å². The van der Waals surface area contributed by atoms with Crippen LogP contribution < -0.4 is 5.32 Å². The molecule has 1 saturated heterocycles. The van der Waals surface area contributed by atoms with Crippen LogP contribution in [0.5, 0.6) is 0 Å². The topological polar surface area (TPSA) is 92.8 Å². The highest BCUT2D eigenvalue weighted by Gasteiger charge is 2.28. The number of carbonyl (C=O) groups excluding carboxylic acids is 4. The van der Waals surface area contributed by atoms with Gasteiger partial charge in [-0.2, -0.15) is 0 Å². The molecule has 7 nitrogen and oxygen atoms in total. The number of imide groups is 1. The zero-order valence-corrected chi connectivity index (χ0v) is 17.7. The molecule has 1 aliphatic heterocycles. The van der Waals surface area contributed by atoms with Crippen molar-refractivity contribution in [1.82, 2.24) is 4.90 Å². The molecule has 1 N–H and O–H groups in total. The summed E-state index contributed by atoms with van der Waals surface area (Å²) in [5.41, 5.74) is 1.57. The average Bonchev–Trinajstić information content (AvgIpc) is 3.21. The zero-order valence-electron chi connectivity index (χ0n) is 16.9. The summed E-state index contributed by atoms with van der Waals surface area (Å²) in [6.07, 6.45) is 7.04. The molecule has 3 rings (SSSR count). The van der Waals surface area contributed by atoms with Crippen molar-refractivity contribution in [3.63, 3.8) is 0 Å². The van der Waals surface area contributed by atoms with Crippen molar-refractivity contribution in [2.24, 2.45) is 0 Å². The molecule has 0 unspecified atom stereocenters. The number of thiophene rings is 1. The van der Waals surface area contributed by atoms with Crippen molar-refractivity contribution in [3.05, 3.63) is 16.0 Å². The van der Waals surface area contributed by atoms with Crippen LogP contribution in [-0.4, -0.2) is 41.7 Å². The van der Waals surface area contributed by atoms with Gasteiger partial charge in [-0.25, -0.2) is 4.79 Å². The second kappa shape index (κ2) is 10.0. The summed E-state index contributed by atoms with van der Waals surface area (Å²) in [4.78, 5) is 50.5. The number of amides is 3. The van der Waals surface area contributed by atoms with E-state index >= 15 is 0 Å². The highest BCUT2D eigenvalue weighted by Crippen LogP contribution is 2.38. The summed E-state index contributed by atoms with van der Waals surface area (Å²) in [6, 6.07) is 0. The first kappa shape index (κ1) is 21.5. The Hall–Kier alpha value is -2.22. The quantitative estimate of drug-likeness (QED) is 0.375. The van der Waals surface area contributed by atoms with E-state index in [4.69, 9.17) is 4.74 Å². The highest BCUT2D eigenvalue weighted by atomic mass is 32.1. The largest absolute Gasteiger partial charge is 0.462 e. The number of nitrogens with zero attached hydrogens (tertiary/aromatic N) is 1. The molecule has 29 heavy (non-hydrogen) atoms. The fraction of sp³-hybridized carbons (Fsp3) is 0.619. The molecule has 0 spiro atoms. The van der Waals surface area contributed by atoms with Crippen LogP contribution in [0, 0.1) is 0 Å². The fourth-order valence-electron chi connectivity index (χ4n) is 3.87. The van der Waals surface area contributed by atoms with Gasteiger partial charge in [0.25, 0.3) is 0 Å². The number of carbonyl (C=O) groups is 4. The third-order valence-corrected chi connectivity index (χ3v) is 6.55. The SMILES string of the molecule is CCOC(=O)c1c(NC(=O)CCCCCN2C(=O)CCC2=O)sc2c1CCCC2. The lowest BCUT2D eigenvalue weighted by Crippen LogP contribution is -2.29. The minimum Gasteiger partial charge on any atom is -0.462 e. The Labute approximate surface area is 174 Å². The number of hydrogen-bond acceptors (Lipinski definition) is 6. The van der Waals surface area contributed by atoms with Crippen molar-refractivity contribution in [2.45, 2.75) is 71.1 Å². The molecule has 1 aromatic rings. The predicted molar refractivity (Wildman–Crippen MR) is 110 cm³/mol. The van der Waals surface area contributed by atoms with Crippen molar-refractivity contribution in [3.8, 4) is 0 Å². The minimum absolute atomic E-state index is 0.0964. The van der Waals surface area contributed by atoms with E-state index < -0.39 is 0 Å². The van der Waals surface area contributed by atoms with Gasteiger partial charge in [0, 0.05) is 30.7 Å². The number of anilines is 1. The Balaban J connectivity index is 1.50. The Kier molecular flexibility index (Phi) is 7.41. The van der Waals surface area contributed by atoms with Crippen molar-refractivity contribution in [2.75, 3.05) is 18.5 Å². The number of unbranched alkanes of at least 4 members (excludes halogenated alkanes) is 2. The van der Waals surface area contributed by atoms with Crippen molar-refractivity contribution >= 4 is 40.0 Å². The molecule has 0 aromatic carbocycles. The number of hydrogen-bond donors (Lipinski definition) is 1. The standard InChI is InChI=1S/C21H28N2O5S/c1-2-28-21(27)19-14-8-5-6-9-15(14)29-20(19)22-16(24)10-4-3-7-13-23-17(25)11-12-18(23)26/h2-13H2,1H3,(H,22,24). The minimum atomic E-state index is -0.359. The second-order valence-corrected chi connectivity index (χ2v) is 8.54. The van der Waals surface area contributed by atoms with E-state index in [9.17, 15) is 19.2 Å². The molecule has 8 heteroatoms. The van der Waals surface area contributed by atoms with Crippen LogP contribution in [0.2, 0.25) is 0 Å². The predicted octanol–water partition coefficient (Wildman–Crippen LogP) is 3.45. The van der Waals surface area contributed by atoms with E-state index in [2.05, 4.69) is 5.32 Å². The lowest BCUT2D eigenvalue weighted by atomic mass is 9.95. The molecule has 1 aromatic heterocycles. The Morgan fingerprint density at radius 3 is 2.48 bits per heavy atom. The molecule has 2 aliphatic rings. The van der Waals surface area contributed by atoms with Crippen LogP contribution in [0.3, 0.4) is 0 Å². The number of nitrogens with one attached hydrogen (secondary N) is 1. The highest BCUT2D eigenvalue weighted by molar-refractivity contribution is 7.17. The first-order chi connectivity index (χ1) is 14.0. The van der Waals surface area contributed by atoms with Crippen LogP contribution in [0.25, 0.3) is 0 Å². The summed E-state index contributed by atoms with van der Waals surface area (Å²) < 4.78 is 5.21. The number of rotatable bonds is 9. The third-order valence-electron chi connectivity index (χ3n) is 5.34. The van der Waals surface area contributed by atoms with E-state index in [0.29, 0.717) is 55.8 Å². The third kappa shape index (κ3) is 5.23. The summed E-state index contributed by atoms with van der Waals surface area (Å²) >= 11 is 1.49. The Morgan fingerprint density at radius 1 is 1.03 bits per heavy atom. The molecule has 1 aliphatic carbocycles. The first-order valence-corrected chi connectivity index (χ1v) is 11.3. The molecular weight excluding hydrogens is 392 g/mol. The summed E-state index contributed by atoms with van der Waals surface area (Å²) in [7, 11) is 0. The normalized spacial score (nSPS) is 16.1. The monoisotopic (exact) mass is 420 g/mol. The van der Waals surface area contributed by atoms with Gasteiger partial charge in [-0.15, -0.1) is 11.3 Å². The molecule has 0 radical (unpaired) electrons. The Morgan fingerprint density at radius 2 is 1.76 bits per heavy atom. The molecule has 1 fully saturated rings. The summed E-state index contributed by atoms with van der Waals surface area (Å²) in [5.74, 6) is -0.675. The molecule has 2 heterocycles. The lowest BCUT2D eigenvalue weighted by Gasteiger charge is -2.13. The van der Waals surface area contributed by atoms with Gasteiger partial charge in [-0.3, -0.25) is 19.3 Å².